The van der Waals surface area contributed by atoms with Crippen molar-refractivity contribution in [2.24, 2.45) is 12.5 Å². The van der Waals surface area contributed by atoms with Crippen LogP contribution in [0.3, 0.4) is 0 Å². The maximum Gasteiger partial charge on any atom is 0.270 e. The van der Waals surface area contributed by atoms with Gasteiger partial charge in [0.05, 0.1) is 0 Å². The number of hydrogen-bond acceptors (Lipinski definition) is 3. The number of aromatic nitrogens is 2. The normalized spacial score (nSPS) is 19.7. The lowest BCUT2D eigenvalue weighted by Crippen LogP contribution is -2.54. The number of hydrogen-bond donors (Lipinski definition) is 0. The molecule has 0 radical (unpaired) electrons. The molecule has 5 heteroatoms. The number of piperidine rings is 1. The zero-order valence-corrected chi connectivity index (χ0v) is 15.8. The molecular weight excluding hydrogens is 324 g/mol. The van der Waals surface area contributed by atoms with E-state index in [-0.39, 0.29) is 5.91 Å². The first-order valence-electron chi connectivity index (χ1n) is 9.56. The van der Waals surface area contributed by atoms with Gasteiger partial charge in [-0.05, 0) is 68.0 Å². The first-order chi connectivity index (χ1) is 12.6. The number of carbonyl (C=O) groups is 1. The number of aryl methyl sites for hydroxylation is 1. The Balaban J connectivity index is 1.28. The summed E-state index contributed by atoms with van der Waals surface area (Å²) in [6, 6.07) is 8.71. The molecular formula is C21H28N4O. The fourth-order valence-corrected chi connectivity index (χ4v) is 4.59. The van der Waals surface area contributed by atoms with E-state index in [1.54, 1.807) is 0 Å². The highest BCUT2D eigenvalue weighted by atomic mass is 16.2. The molecule has 0 aromatic carbocycles. The van der Waals surface area contributed by atoms with Crippen LogP contribution in [0, 0.1) is 5.41 Å². The van der Waals surface area contributed by atoms with Gasteiger partial charge in [0.2, 0.25) is 0 Å². The van der Waals surface area contributed by atoms with Gasteiger partial charge in [-0.1, -0.05) is 0 Å². The molecule has 2 aliphatic rings. The second kappa shape index (κ2) is 6.88. The van der Waals surface area contributed by atoms with Gasteiger partial charge in [0.25, 0.3) is 5.91 Å². The van der Waals surface area contributed by atoms with E-state index >= 15 is 0 Å². The second-order valence-corrected chi connectivity index (χ2v) is 8.13. The third-order valence-corrected chi connectivity index (χ3v) is 6.42. The van der Waals surface area contributed by atoms with Crippen LogP contribution >= 0.6 is 0 Å². The standard InChI is InChI=1S/C21H28N4O/c1-23-11-3-4-19(23)20(26)25-12-7-21(8-13-25)14-18(15-21)24(2)16-17-5-9-22-10-6-17/h3-6,9-11,18H,7-8,12-16H2,1-2H3. The molecule has 3 heterocycles. The van der Waals surface area contributed by atoms with Crippen molar-refractivity contribution in [3.8, 4) is 0 Å². The van der Waals surface area contributed by atoms with Crippen LogP contribution in [0.5, 0.6) is 0 Å². The molecule has 0 bridgehead atoms. The molecule has 1 aliphatic heterocycles. The molecule has 0 unspecified atom stereocenters. The number of amides is 1. The van der Waals surface area contributed by atoms with Crippen molar-refractivity contribution < 1.29 is 4.79 Å². The van der Waals surface area contributed by atoms with Crippen molar-refractivity contribution in [3.05, 3.63) is 54.1 Å². The van der Waals surface area contributed by atoms with Crippen LogP contribution in [-0.4, -0.2) is 51.4 Å². The summed E-state index contributed by atoms with van der Waals surface area (Å²) >= 11 is 0. The number of likely N-dealkylation sites (tertiary alicyclic amines) is 1. The Morgan fingerprint density at radius 1 is 1.23 bits per heavy atom. The average molecular weight is 352 g/mol. The van der Waals surface area contributed by atoms with Gasteiger partial charge < -0.3 is 9.47 Å². The van der Waals surface area contributed by atoms with E-state index in [9.17, 15) is 4.79 Å². The maximum absolute atomic E-state index is 12.7. The molecule has 1 spiro atoms. The van der Waals surface area contributed by atoms with Crippen molar-refractivity contribution in [2.75, 3.05) is 20.1 Å². The fraction of sp³-hybridized carbons (Fsp3) is 0.524. The van der Waals surface area contributed by atoms with E-state index in [1.807, 2.05) is 47.2 Å². The minimum absolute atomic E-state index is 0.179. The summed E-state index contributed by atoms with van der Waals surface area (Å²) < 4.78 is 1.92. The third-order valence-electron chi connectivity index (χ3n) is 6.42. The van der Waals surface area contributed by atoms with E-state index < -0.39 is 0 Å². The van der Waals surface area contributed by atoms with Gasteiger partial charge in [-0.25, -0.2) is 0 Å². The number of carbonyl (C=O) groups excluding carboxylic acids is 1. The molecule has 2 fully saturated rings. The van der Waals surface area contributed by atoms with Gasteiger partial charge in [-0.15, -0.1) is 0 Å². The largest absolute Gasteiger partial charge is 0.347 e. The first-order valence-corrected chi connectivity index (χ1v) is 9.56. The Hall–Kier alpha value is -2.14. The lowest BCUT2D eigenvalue weighted by Gasteiger charge is -2.54. The highest BCUT2D eigenvalue weighted by Gasteiger charge is 2.47. The molecule has 5 nitrogen and oxygen atoms in total. The van der Waals surface area contributed by atoms with Crippen molar-refractivity contribution in [1.29, 1.82) is 0 Å². The predicted molar refractivity (Wildman–Crippen MR) is 102 cm³/mol. The second-order valence-electron chi connectivity index (χ2n) is 8.13. The zero-order valence-electron chi connectivity index (χ0n) is 15.8. The Morgan fingerprint density at radius 3 is 2.54 bits per heavy atom. The van der Waals surface area contributed by atoms with Crippen LogP contribution in [-0.2, 0) is 13.6 Å². The lowest BCUT2D eigenvalue weighted by molar-refractivity contribution is -0.0329. The minimum Gasteiger partial charge on any atom is -0.347 e. The topological polar surface area (TPSA) is 41.4 Å². The van der Waals surface area contributed by atoms with Crippen molar-refractivity contribution in [1.82, 2.24) is 19.4 Å². The molecule has 1 aliphatic carbocycles. The van der Waals surface area contributed by atoms with Crippen LogP contribution in [0.4, 0.5) is 0 Å². The summed E-state index contributed by atoms with van der Waals surface area (Å²) in [4.78, 5) is 21.3. The summed E-state index contributed by atoms with van der Waals surface area (Å²) in [7, 11) is 4.17. The van der Waals surface area contributed by atoms with Crippen LogP contribution in [0.25, 0.3) is 0 Å². The Labute approximate surface area is 155 Å². The van der Waals surface area contributed by atoms with Crippen molar-refractivity contribution >= 4 is 5.91 Å². The van der Waals surface area contributed by atoms with Crippen LogP contribution in [0.2, 0.25) is 0 Å². The summed E-state index contributed by atoms with van der Waals surface area (Å²) in [5.74, 6) is 0.179. The molecule has 4 rings (SSSR count). The van der Waals surface area contributed by atoms with E-state index in [2.05, 4.69) is 29.1 Å². The SMILES string of the molecule is CN(Cc1ccncc1)C1CC2(CCN(C(=O)c3cccn3C)CC2)C1. The van der Waals surface area contributed by atoms with Gasteiger partial charge in [-0.3, -0.25) is 14.7 Å². The monoisotopic (exact) mass is 352 g/mol. The summed E-state index contributed by atoms with van der Waals surface area (Å²) in [5, 5.41) is 0. The summed E-state index contributed by atoms with van der Waals surface area (Å²) in [6.07, 6.45) is 10.5. The van der Waals surface area contributed by atoms with E-state index in [0.717, 1.165) is 38.2 Å². The summed E-state index contributed by atoms with van der Waals surface area (Å²) in [5.41, 5.74) is 2.58. The molecule has 1 saturated heterocycles. The van der Waals surface area contributed by atoms with Crippen molar-refractivity contribution in [3.63, 3.8) is 0 Å². The summed E-state index contributed by atoms with van der Waals surface area (Å²) in [6.45, 7) is 2.77. The van der Waals surface area contributed by atoms with Gasteiger partial charge in [-0.2, -0.15) is 0 Å². The lowest BCUT2D eigenvalue weighted by atomic mass is 9.60. The Morgan fingerprint density at radius 2 is 1.92 bits per heavy atom. The quantitative estimate of drug-likeness (QED) is 0.849. The van der Waals surface area contributed by atoms with E-state index in [1.165, 1.54) is 18.4 Å². The third kappa shape index (κ3) is 3.28. The first kappa shape index (κ1) is 17.3. The zero-order chi connectivity index (χ0) is 18.1. The molecule has 1 amide bonds. The molecule has 138 valence electrons. The van der Waals surface area contributed by atoms with Gasteiger partial charge >= 0.3 is 0 Å². The molecule has 2 aromatic rings. The highest BCUT2D eigenvalue weighted by molar-refractivity contribution is 5.92. The maximum atomic E-state index is 12.7. The van der Waals surface area contributed by atoms with E-state index in [4.69, 9.17) is 0 Å². The molecule has 2 aromatic heterocycles. The van der Waals surface area contributed by atoms with Gasteiger partial charge in [0, 0.05) is 51.3 Å². The average Bonchev–Trinajstić information content (AvgIpc) is 3.06. The smallest absolute Gasteiger partial charge is 0.270 e. The van der Waals surface area contributed by atoms with Gasteiger partial charge in [0.1, 0.15) is 5.69 Å². The molecule has 0 N–H and O–H groups in total. The Bertz CT molecular complexity index is 753. The number of pyridine rings is 1. The fourth-order valence-electron chi connectivity index (χ4n) is 4.59. The molecule has 26 heavy (non-hydrogen) atoms. The van der Waals surface area contributed by atoms with Crippen molar-refractivity contribution in [2.45, 2.75) is 38.3 Å². The van der Waals surface area contributed by atoms with E-state index in [0.29, 0.717) is 11.5 Å². The van der Waals surface area contributed by atoms with Crippen LogP contribution < -0.4 is 0 Å². The molecule has 0 atom stereocenters. The van der Waals surface area contributed by atoms with Crippen LogP contribution in [0.15, 0.2) is 42.9 Å². The molecule has 1 saturated carbocycles. The minimum atomic E-state index is 0.179. The number of rotatable bonds is 4. The van der Waals surface area contributed by atoms with Crippen LogP contribution in [0.1, 0.15) is 41.7 Å². The van der Waals surface area contributed by atoms with Gasteiger partial charge in [0.15, 0.2) is 0 Å². The predicted octanol–water partition coefficient (Wildman–Crippen LogP) is 2.94. The number of nitrogens with zero attached hydrogens (tertiary/aromatic N) is 4. The Kier molecular flexibility index (Phi) is 4.57. The highest BCUT2D eigenvalue weighted by Crippen LogP contribution is 2.51.